The van der Waals surface area contributed by atoms with Crippen LogP contribution in [0.4, 0.5) is 11.6 Å². The molecule has 0 bridgehead atoms. The number of hydrogen-bond donors (Lipinski definition) is 3. The zero-order valence-corrected chi connectivity index (χ0v) is 11.8. The van der Waals surface area contributed by atoms with Crippen molar-refractivity contribution in [2.75, 3.05) is 43.7 Å². The molecule has 1 aromatic rings. The standard InChI is InChI=1S/C12H23N5O2/c1-4-10-14-11(16-13)9(2)12(15-10)17(5-7-18)6-8-19-3/h18H,4-8,13H2,1-3H3,(H,14,15,16). The van der Waals surface area contributed by atoms with Gasteiger partial charge in [-0.1, -0.05) is 6.92 Å². The molecule has 0 aliphatic heterocycles. The van der Waals surface area contributed by atoms with Crippen LogP contribution in [0, 0.1) is 6.92 Å². The second-order valence-corrected chi connectivity index (χ2v) is 4.14. The van der Waals surface area contributed by atoms with Crippen molar-refractivity contribution >= 4 is 11.6 Å². The van der Waals surface area contributed by atoms with Crippen molar-refractivity contribution in [1.29, 1.82) is 0 Å². The molecular weight excluding hydrogens is 246 g/mol. The predicted octanol–water partition coefficient (Wildman–Crippen LogP) is 0.0781. The van der Waals surface area contributed by atoms with E-state index in [9.17, 15) is 5.11 Å². The van der Waals surface area contributed by atoms with Crippen LogP contribution in [0.15, 0.2) is 0 Å². The quantitative estimate of drug-likeness (QED) is 0.454. The van der Waals surface area contributed by atoms with Crippen LogP contribution in [0.25, 0.3) is 0 Å². The second-order valence-electron chi connectivity index (χ2n) is 4.14. The van der Waals surface area contributed by atoms with Gasteiger partial charge < -0.3 is 20.2 Å². The smallest absolute Gasteiger partial charge is 0.148 e. The normalized spacial score (nSPS) is 10.6. The highest BCUT2D eigenvalue weighted by Crippen LogP contribution is 2.23. The molecule has 0 unspecified atom stereocenters. The number of ether oxygens (including phenoxy) is 1. The first-order valence-corrected chi connectivity index (χ1v) is 6.36. The van der Waals surface area contributed by atoms with Gasteiger partial charge in [0.05, 0.1) is 13.2 Å². The van der Waals surface area contributed by atoms with Crippen molar-refractivity contribution in [2.24, 2.45) is 5.84 Å². The van der Waals surface area contributed by atoms with E-state index >= 15 is 0 Å². The molecule has 0 radical (unpaired) electrons. The van der Waals surface area contributed by atoms with Gasteiger partial charge >= 0.3 is 0 Å². The molecule has 7 heteroatoms. The fourth-order valence-corrected chi connectivity index (χ4v) is 1.80. The van der Waals surface area contributed by atoms with Gasteiger partial charge in [-0.2, -0.15) is 0 Å². The fourth-order valence-electron chi connectivity index (χ4n) is 1.80. The van der Waals surface area contributed by atoms with E-state index < -0.39 is 0 Å². The lowest BCUT2D eigenvalue weighted by Gasteiger charge is -2.25. The summed E-state index contributed by atoms with van der Waals surface area (Å²) in [6.45, 7) is 5.66. The summed E-state index contributed by atoms with van der Waals surface area (Å²) in [6, 6.07) is 0. The van der Waals surface area contributed by atoms with Gasteiger partial charge in [-0.15, -0.1) is 0 Å². The van der Waals surface area contributed by atoms with Crippen LogP contribution in [-0.4, -0.2) is 48.5 Å². The molecule has 19 heavy (non-hydrogen) atoms. The molecule has 0 aliphatic rings. The highest BCUT2D eigenvalue weighted by atomic mass is 16.5. The largest absolute Gasteiger partial charge is 0.395 e. The lowest BCUT2D eigenvalue weighted by atomic mass is 10.2. The summed E-state index contributed by atoms with van der Waals surface area (Å²) in [6.07, 6.45) is 0.721. The van der Waals surface area contributed by atoms with Gasteiger partial charge in [0.15, 0.2) is 0 Å². The Morgan fingerprint density at radius 1 is 1.37 bits per heavy atom. The molecule has 0 amide bonds. The number of hydrazine groups is 1. The first-order valence-electron chi connectivity index (χ1n) is 6.36. The topological polar surface area (TPSA) is 96.5 Å². The molecule has 0 spiro atoms. The molecule has 4 N–H and O–H groups in total. The van der Waals surface area contributed by atoms with Crippen LogP contribution < -0.4 is 16.2 Å². The van der Waals surface area contributed by atoms with Gasteiger partial charge in [-0.3, -0.25) is 0 Å². The van der Waals surface area contributed by atoms with E-state index in [-0.39, 0.29) is 6.61 Å². The van der Waals surface area contributed by atoms with Crippen molar-refractivity contribution in [1.82, 2.24) is 9.97 Å². The maximum Gasteiger partial charge on any atom is 0.148 e. The number of aromatic nitrogens is 2. The van der Waals surface area contributed by atoms with E-state index in [0.29, 0.717) is 31.3 Å². The lowest BCUT2D eigenvalue weighted by Crippen LogP contribution is -2.32. The number of methoxy groups -OCH3 is 1. The third-order valence-corrected chi connectivity index (χ3v) is 2.85. The van der Waals surface area contributed by atoms with Gasteiger partial charge in [0.25, 0.3) is 0 Å². The molecule has 1 heterocycles. The van der Waals surface area contributed by atoms with E-state index in [1.165, 1.54) is 0 Å². The zero-order valence-electron chi connectivity index (χ0n) is 11.8. The molecule has 1 aromatic heterocycles. The summed E-state index contributed by atoms with van der Waals surface area (Å²) in [5.41, 5.74) is 3.46. The Morgan fingerprint density at radius 2 is 2.11 bits per heavy atom. The Morgan fingerprint density at radius 3 is 2.63 bits per heavy atom. The van der Waals surface area contributed by atoms with Gasteiger partial charge in [0.2, 0.25) is 0 Å². The van der Waals surface area contributed by atoms with Gasteiger partial charge in [-0.25, -0.2) is 15.8 Å². The average molecular weight is 269 g/mol. The highest BCUT2D eigenvalue weighted by molar-refractivity contribution is 5.58. The maximum absolute atomic E-state index is 9.18. The minimum Gasteiger partial charge on any atom is -0.395 e. The molecule has 0 saturated carbocycles. The zero-order chi connectivity index (χ0) is 14.3. The third-order valence-electron chi connectivity index (χ3n) is 2.85. The van der Waals surface area contributed by atoms with Crippen molar-refractivity contribution < 1.29 is 9.84 Å². The number of nitrogens with two attached hydrogens (primary N) is 1. The van der Waals surface area contributed by atoms with Crippen molar-refractivity contribution in [3.05, 3.63) is 11.4 Å². The Hall–Kier alpha value is -1.44. The Bertz CT molecular complexity index is 400. The number of rotatable bonds is 8. The molecule has 108 valence electrons. The van der Waals surface area contributed by atoms with Crippen molar-refractivity contribution in [3.63, 3.8) is 0 Å². The first-order chi connectivity index (χ1) is 9.17. The summed E-state index contributed by atoms with van der Waals surface area (Å²) in [5.74, 6) is 7.60. The second kappa shape index (κ2) is 7.88. The number of aliphatic hydroxyl groups excluding tert-OH is 1. The molecular formula is C12H23N5O2. The number of nitrogens with one attached hydrogen (secondary N) is 1. The first kappa shape index (κ1) is 15.6. The van der Waals surface area contributed by atoms with Gasteiger partial charge in [0.1, 0.15) is 17.5 Å². The van der Waals surface area contributed by atoms with Crippen molar-refractivity contribution in [3.8, 4) is 0 Å². The summed E-state index contributed by atoms with van der Waals surface area (Å²) in [7, 11) is 1.65. The summed E-state index contributed by atoms with van der Waals surface area (Å²) in [4.78, 5) is 10.8. The Labute approximate surface area is 113 Å². The van der Waals surface area contributed by atoms with Crippen LogP contribution in [-0.2, 0) is 11.2 Å². The van der Waals surface area contributed by atoms with E-state index in [1.807, 2.05) is 18.7 Å². The molecule has 0 aliphatic carbocycles. The van der Waals surface area contributed by atoms with Crippen LogP contribution in [0.3, 0.4) is 0 Å². The number of aliphatic hydroxyl groups is 1. The monoisotopic (exact) mass is 269 g/mol. The Balaban J connectivity index is 3.11. The van der Waals surface area contributed by atoms with Crippen LogP contribution in [0.2, 0.25) is 0 Å². The van der Waals surface area contributed by atoms with E-state index in [4.69, 9.17) is 10.6 Å². The predicted molar refractivity (Wildman–Crippen MR) is 75.1 cm³/mol. The van der Waals surface area contributed by atoms with E-state index in [1.54, 1.807) is 7.11 Å². The number of nitrogens with zero attached hydrogens (tertiary/aromatic N) is 3. The number of hydrogen-bond acceptors (Lipinski definition) is 7. The van der Waals surface area contributed by atoms with E-state index in [2.05, 4.69) is 15.4 Å². The summed E-state index contributed by atoms with van der Waals surface area (Å²) >= 11 is 0. The molecule has 0 fully saturated rings. The molecule has 0 aromatic carbocycles. The molecule has 0 atom stereocenters. The average Bonchev–Trinajstić information content (AvgIpc) is 2.44. The summed E-state index contributed by atoms with van der Waals surface area (Å²) in [5, 5.41) is 9.18. The van der Waals surface area contributed by atoms with Crippen LogP contribution >= 0.6 is 0 Å². The number of aryl methyl sites for hydroxylation is 1. The van der Waals surface area contributed by atoms with Gasteiger partial charge in [0, 0.05) is 32.2 Å². The minimum atomic E-state index is 0.0556. The molecule has 1 rings (SSSR count). The van der Waals surface area contributed by atoms with Crippen LogP contribution in [0.1, 0.15) is 18.3 Å². The SMILES string of the molecule is CCc1nc(NN)c(C)c(N(CCO)CCOC)n1. The summed E-state index contributed by atoms with van der Waals surface area (Å²) < 4.78 is 5.09. The molecule has 0 saturated heterocycles. The minimum absolute atomic E-state index is 0.0556. The number of anilines is 2. The third kappa shape index (κ3) is 4.02. The maximum atomic E-state index is 9.18. The molecule has 7 nitrogen and oxygen atoms in total. The van der Waals surface area contributed by atoms with E-state index in [0.717, 1.165) is 17.8 Å². The Kier molecular flexibility index (Phi) is 6.48. The van der Waals surface area contributed by atoms with Crippen molar-refractivity contribution in [2.45, 2.75) is 20.3 Å². The lowest BCUT2D eigenvalue weighted by molar-refractivity contribution is 0.202. The highest BCUT2D eigenvalue weighted by Gasteiger charge is 2.15. The number of nitrogen functional groups attached to an aromatic ring is 1. The van der Waals surface area contributed by atoms with Crippen LogP contribution in [0.5, 0.6) is 0 Å². The fraction of sp³-hybridized carbons (Fsp3) is 0.667. The van der Waals surface area contributed by atoms with Gasteiger partial charge in [-0.05, 0) is 6.92 Å².